The van der Waals surface area contributed by atoms with E-state index in [1.54, 1.807) is 24.1 Å². The number of hydrogen-bond acceptors (Lipinski definition) is 5. The SMILES string of the molecule is CN(Cc1ccc(OC(F)F)cc1)C(=O)CSc1nnc(-c2ccccc2)n1C. The van der Waals surface area contributed by atoms with Crippen LogP contribution in [0.2, 0.25) is 0 Å². The first-order valence-corrected chi connectivity index (χ1v) is 9.78. The van der Waals surface area contributed by atoms with Crippen LogP contribution >= 0.6 is 11.8 Å². The summed E-state index contributed by atoms with van der Waals surface area (Å²) in [5.41, 5.74) is 1.77. The lowest BCUT2D eigenvalue weighted by Crippen LogP contribution is -2.27. The highest BCUT2D eigenvalue weighted by Gasteiger charge is 2.15. The highest BCUT2D eigenvalue weighted by Crippen LogP contribution is 2.23. The minimum absolute atomic E-state index is 0.0767. The molecular formula is C20H20F2N4O2S. The van der Waals surface area contributed by atoms with Crippen molar-refractivity contribution in [2.75, 3.05) is 12.8 Å². The molecule has 152 valence electrons. The van der Waals surface area contributed by atoms with E-state index in [1.165, 1.54) is 23.9 Å². The van der Waals surface area contributed by atoms with E-state index in [0.29, 0.717) is 11.7 Å². The Balaban J connectivity index is 1.55. The molecule has 0 unspecified atom stereocenters. The first kappa shape index (κ1) is 20.8. The van der Waals surface area contributed by atoms with Crippen LogP contribution in [0.4, 0.5) is 8.78 Å². The summed E-state index contributed by atoms with van der Waals surface area (Å²) in [6.45, 7) is -2.49. The van der Waals surface area contributed by atoms with Gasteiger partial charge >= 0.3 is 6.61 Å². The van der Waals surface area contributed by atoms with Gasteiger partial charge in [-0.25, -0.2) is 0 Å². The molecule has 2 aromatic carbocycles. The van der Waals surface area contributed by atoms with Crippen LogP contribution in [0.1, 0.15) is 5.56 Å². The molecule has 1 amide bonds. The summed E-state index contributed by atoms with van der Waals surface area (Å²) >= 11 is 1.31. The van der Waals surface area contributed by atoms with Crippen molar-refractivity contribution < 1.29 is 18.3 Å². The average molecular weight is 418 g/mol. The first-order chi connectivity index (χ1) is 13.9. The predicted molar refractivity (Wildman–Crippen MR) is 107 cm³/mol. The van der Waals surface area contributed by atoms with Gasteiger partial charge in [-0.2, -0.15) is 8.78 Å². The number of ether oxygens (including phenoxy) is 1. The summed E-state index contributed by atoms with van der Waals surface area (Å²) in [5.74, 6) is 0.959. The largest absolute Gasteiger partial charge is 0.435 e. The Bertz CT molecular complexity index is 949. The number of rotatable bonds is 8. The molecule has 0 saturated carbocycles. The van der Waals surface area contributed by atoms with E-state index >= 15 is 0 Å². The van der Waals surface area contributed by atoms with Gasteiger partial charge in [-0.3, -0.25) is 4.79 Å². The summed E-state index contributed by atoms with van der Waals surface area (Å²) in [6.07, 6.45) is 0. The maximum Gasteiger partial charge on any atom is 0.387 e. The van der Waals surface area contributed by atoms with Crippen molar-refractivity contribution in [2.24, 2.45) is 7.05 Å². The van der Waals surface area contributed by atoms with Crippen LogP contribution in [0, 0.1) is 0 Å². The molecule has 3 rings (SSSR count). The van der Waals surface area contributed by atoms with Crippen molar-refractivity contribution in [1.82, 2.24) is 19.7 Å². The van der Waals surface area contributed by atoms with Crippen LogP contribution in [-0.4, -0.2) is 45.0 Å². The fraction of sp³-hybridized carbons (Fsp3) is 0.250. The second-order valence-electron chi connectivity index (χ2n) is 6.29. The molecule has 0 fully saturated rings. The molecule has 0 aliphatic heterocycles. The lowest BCUT2D eigenvalue weighted by molar-refractivity contribution is -0.127. The highest BCUT2D eigenvalue weighted by atomic mass is 32.2. The molecule has 0 aliphatic rings. The van der Waals surface area contributed by atoms with Gasteiger partial charge in [0.15, 0.2) is 11.0 Å². The summed E-state index contributed by atoms with van der Waals surface area (Å²) in [5, 5.41) is 9.03. The molecule has 1 aromatic heterocycles. The lowest BCUT2D eigenvalue weighted by atomic mass is 10.2. The van der Waals surface area contributed by atoms with Crippen molar-refractivity contribution >= 4 is 17.7 Å². The van der Waals surface area contributed by atoms with Gasteiger partial charge in [0.05, 0.1) is 5.75 Å². The summed E-state index contributed by atoms with van der Waals surface area (Å²) in [7, 11) is 3.56. The Labute approximate surface area is 171 Å². The summed E-state index contributed by atoms with van der Waals surface area (Å²) in [4.78, 5) is 14.0. The molecule has 0 atom stereocenters. The van der Waals surface area contributed by atoms with Crippen LogP contribution in [0.3, 0.4) is 0 Å². The van der Waals surface area contributed by atoms with E-state index in [1.807, 2.05) is 41.9 Å². The van der Waals surface area contributed by atoms with E-state index in [0.717, 1.165) is 17.0 Å². The topological polar surface area (TPSA) is 60.2 Å². The van der Waals surface area contributed by atoms with Crippen LogP contribution in [0.25, 0.3) is 11.4 Å². The number of aromatic nitrogens is 3. The average Bonchev–Trinajstić information content (AvgIpc) is 3.08. The third-order valence-corrected chi connectivity index (χ3v) is 5.19. The number of hydrogen-bond donors (Lipinski definition) is 0. The zero-order chi connectivity index (χ0) is 20.8. The van der Waals surface area contributed by atoms with Gasteiger partial charge in [-0.1, -0.05) is 54.2 Å². The molecule has 0 bridgehead atoms. The van der Waals surface area contributed by atoms with E-state index in [9.17, 15) is 13.6 Å². The summed E-state index contributed by atoms with van der Waals surface area (Å²) < 4.78 is 30.6. The van der Waals surface area contributed by atoms with Gasteiger partial charge in [0.2, 0.25) is 5.91 Å². The van der Waals surface area contributed by atoms with Gasteiger partial charge in [-0.05, 0) is 17.7 Å². The summed E-state index contributed by atoms with van der Waals surface area (Å²) in [6, 6.07) is 15.9. The van der Waals surface area contributed by atoms with Gasteiger partial charge in [0.25, 0.3) is 0 Å². The van der Waals surface area contributed by atoms with Gasteiger partial charge < -0.3 is 14.2 Å². The standard InChI is InChI=1S/C20H20F2N4O2S/c1-25(12-14-8-10-16(11-9-14)28-19(21)22)17(27)13-29-20-24-23-18(26(20)2)15-6-4-3-5-7-15/h3-11,19H,12-13H2,1-2H3. The second kappa shape index (κ2) is 9.51. The van der Waals surface area contributed by atoms with Crippen LogP contribution in [-0.2, 0) is 18.4 Å². The number of benzene rings is 2. The van der Waals surface area contributed by atoms with Crippen LogP contribution < -0.4 is 4.74 Å². The lowest BCUT2D eigenvalue weighted by Gasteiger charge is -2.17. The molecule has 0 radical (unpaired) electrons. The van der Waals surface area contributed by atoms with Crippen LogP contribution in [0.15, 0.2) is 59.8 Å². The predicted octanol–water partition coefficient (Wildman–Crippen LogP) is 3.83. The molecule has 29 heavy (non-hydrogen) atoms. The number of carbonyl (C=O) groups is 1. The maximum atomic E-state index is 12.4. The normalized spacial score (nSPS) is 10.9. The zero-order valence-electron chi connectivity index (χ0n) is 16.0. The smallest absolute Gasteiger partial charge is 0.387 e. The van der Waals surface area contributed by atoms with Crippen molar-refractivity contribution in [2.45, 2.75) is 18.3 Å². The fourth-order valence-corrected chi connectivity index (χ4v) is 3.51. The molecule has 6 nitrogen and oxygen atoms in total. The van der Waals surface area contributed by atoms with Crippen molar-refractivity contribution in [1.29, 1.82) is 0 Å². The Morgan fingerprint density at radius 2 is 1.83 bits per heavy atom. The second-order valence-corrected chi connectivity index (χ2v) is 7.23. The minimum Gasteiger partial charge on any atom is -0.435 e. The third-order valence-electron chi connectivity index (χ3n) is 4.19. The zero-order valence-corrected chi connectivity index (χ0v) is 16.8. The Morgan fingerprint density at radius 3 is 2.48 bits per heavy atom. The molecule has 0 N–H and O–H groups in total. The number of carbonyl (C=O) groups excluding carboxylic acids is 1. The quantitative estimate of drug-likeness (QED) is 0.521. The van der Waals surface area contributed by atoms with E-state index in [4.69, 9.17) is 0 Å². The van der Waals surface area contributed by atoms with Gasteiger partial charge in [0.1, 0.15) is 5.75 Å². The van der Waals surface area contributed by atoms with Gasteiger partial charge in [-0.15, -0.1) is 10.2 Å². The maximum absolute atomic E-state index is 12.4. The Morgan fingerprint density at radius 1 is 1.14 bits per heavy atom. The van der Waals surface area contributed by atoms with Crippen molar-refractivity contribution in [3.8, 4) is 17.1 Å². The van der Waals surface area contributed by atoms with Gasteiger partial charge in [0, 0.05) is 26.2 Å². The molecule has 0 spiro atoms. The van der Waals surface area contributed by atoms with Crippen LogP contribution in [0.5, 0.6) is 5.75 Å². The third kappa shape index (κ3) is 5.54. The van der Waals surface area contributed by atoms with E-state index in [2.05, 4.69) is 14.9 Å². The number of nitrogens with zero attached hydrogens (tertiary/aromatic N) is 4. The molecule has 0 aliphatic carbocycles. The number of halogens is 2. The molecule has 3 aromatic rings. The van der Waals surface area contributed by atoms with Crippen molar-refractivity contribution in [3.63, 3.8) is 0 Å². The molecule has 1 heterocycles. The monoisotopic (exact) mass is 418 g/mol. The fourth-order valence-electron chi connectivity index (χ4n) is 2.65. The number of thioether (sulfide) groups is 1. The Hall–Kier alpha value is -2.94. The molecule has 9 heteroatoms. The molecular weight excluding hydrogens is 398 g/mol. The van der Waals surface area contributed by atoms with E-state index < -0.39 is 6.61 Å². The number of amides is 1. The number of alkyl halides is 2. The highest BCUT2D eigenvalue weighted by molar-refractivity contribution is 7.99. The first-order valence-electron chi connectivity index (χ1n) is 8.79. The van der Waals surface area contributed by atoms with E-state index in [-0.39, 0.29) is 17.4 Å². The minimum atomic E-state index is -2.86. The molecule has 0 saturated heterocycles. The van der Waals surface area contributed by atoms with Crippen molar-refractivity contribution in [3.05, 3.63) is 60.2 Å². The Kier molecular flexibility index (Phi) is 6.82.